The summed E-state index contributed by atoms with van der Waals surface area (Å²) < 4.78 is 7.72. The summed E-state index contributed by atoms with van der Waals surface area (Å²) in [4.78, 5) is 58.0. The summed E-state index contributed by atoms with van der Waals surface area (Å²) >= 11 is 3.61. The van der Waals surface area contributed by atoms with Crippen LogP contribution in [0, 0.1) is 5.92 Å². The molecule has 1 spiro atoms. The van der Waals surface area contributed by atoms with Crippen molar-refractivity contribution in [1.29, 1.82) is 0 Å². The highest BCUT2D eigenvalue weighted by Crippen LogP contribution is 2.60. The lowest BCUT2D eigenvalue weighted by Gasteiger charge is -2.37. The lowest BCUT2D eigenvalue weighted by molar-refractivity contribution is -0.151. The van der Waals surface area contributed by atoms with E-state index in [1.54, 1.807) is 14.7 Å². The molecule has 9 nitrogen and oxygen atoms in total. The third-order valence-corrected chi connectivity index (χ3v) is 13.6. The molecular formula is C36H40BrN3O6Si. The minimum Gasteiger partial charge on any atom is -0.432 e. The predicted octanol–water partition coefficient (Wildman–Crippen LogP) is 4.87. The van der Waals surface area contributed by atoms with Crippen LogP contribution >= 0.6 is 15.9 Å². The summed E-state index contributed by atoms with van der Waals surface area (Å²) in [5.74, 6) is -0.714. The number of hydrogen-bond donors (Lipinski definition) is 2. The Morgan fingerprint density at radius 2 is 1.83 bits per heavy atom. The van der Waals surface area contributed by atoms with Crippen molar-refractivity contribution in [2.75, 3.05) is 23.0 Å². The van der Waals surface area contributed by atoms with Crippen molar-refractivity contribution in [3.8, 4) is 0 Å². The van der Waals surface area contributed by atoms with Gasteiger partial charge in [-0.1, -0.05) is 59.3 Å². The first kappa shape index (κ1) is 32.2. The highest BCUT2D eigenvalue weighted by atomic mass is 79.9. The quantitative estimate of drug-likeness (QED) is 0.267. The molecule has 0 unspecified atom stereocenters. The fourth-order valence-electron chi connectivity index (χ4n) is 8.33. The normalized spacial score (nSPS) is 26.9. The molecule has 4 aliphatic heterocycles. The third kappa shape index (κ3) is 5.36. The van der Waals surface area contributed by atoms with Crippen LogP contribution in [0.15, 0.2) is 71.2 Å². The van der Waals surface area contributed by atoms with E-state index >= 15 is 0 Å². The Morgan fingerprint density at radius 3 is 2.51 bits per heavy atom. The molecule has 11 heteroatoms. The number of rotatable bonds is 7. The van der Waals surface area contributed by atoms with E-state index in [9.17, 15) is 24.3 Å². The van der Waals surface area contributed by atoms with Gasteiger partial charge in [0.15, 0.2) is 13.9 Å². The lowest BCUT2D eigenvalue weighted by atomic mass is 9.82. The van der Waals surface area contributed by atoms with Gasteiger partial charge in [0.1, 0.15) is 0 Å². The number of aliphatic hydroxyl groups excluding tert-OH is 1. The van der Waals surface area contributed by atoms with Crippen LogP contribution in [-0.4, -0.2) is 66.1 Å². The lowest BCUT2D eigenvalue weighted by Crippen LogP contribution is -2.48. The van der Waals surface area contributed by atoms with Gasteiger partial charge in [0.05, 0.1) is 37.4 Å². The Kier molecular flexibility index (Phi) is 8.19. The molecule has 0 saturated carbocycles. The van der Waals surface area contributed by atoms with Gasteiger partial charge in [-0.3, -0.25) is 14.4 Å². The fraction of sp³-hybridized carbons (Fsp3) is 0.417. The van der Waals surface area contributed by atoms with Crippen molar-refractivity contribution in [2.24, 2.45) is 5.92 Å². The molecule has 4 heterocycles. The summed E-state index contributed by atoms with van der Waals surface area (Å²) in [6.45, 7) is 6.87. The Hall–Kier alpha value is -3.35. The molecule has 0 aliphatic carbocycles. The average Bonchev–Trinajstić information content (AvgIpc) is 3.45. The van der Waals surface area contributed by atoms with Gasteiger partial charge in [-0.05, 0) is 66.5 Å². The summed E-state index contributed by atoms with van der Waals surface area (Å²) in [6.07, 6.45) is 0.401. The summed E-state index contributed by atoms with van der Waals surface area (Å²) in [5, 5.41) is 10.3. The van der Waals surface area contributed by atoms with Crippen molar-refractivity contribution in [3.05, 3.63) is 93.5 Å². The first-order valence-electron chi connectivity index (χ1n) is 16.3. The van der Waals surface area contributed by atoms with E-state index in [-0.39, 0.29) is 43.3 Å². The number of ether oxygens (including phenoxy) is 1. The monoisotopic (exact) mass is 717 g/mol. The zero-order valence-electron chi connectivity index (χ0n) is 26.9. The third-order valence-electron chi connectivity index (χ3n) is 10.6. The average molecular weight is 719 g/mol. The van der Waals surface area contributed by atoms with Crippen LogP contribution in [-0.2, 0) is 44.2 Å². The number of β-lactam (4-membered cyclic amide) rings is 1. The number of carbonyl (C=O) groups excluding carboxylic acids is 3. The zero-order valence-corrected chi connectivity index (χ0v) is 29.4. The Bertz CT molecular complexity index is 1760. The molecule has 5 atom stereocenters. The number of hydrogen-bond acceptors (Lipinski definition) is 6. The second kappa shape index (κ2) is 12.0. The van der Waals surface area contributed by atoms with Crippen LogP contribution in [0.1, 0.15) is 42.0 Å². The number of carbonyl (C=O) groups is 3. The largest absolute Gasteiger partial charge is 0.432 e. The first-order valence-corrected chi connectivity index (χ1v) is 20.1. The van der Waals surface area contributed by atoms with Crippen LogP contribution in [0.2, 0.25) is 18.6 Å². The summed E-state index contributed by atoms with van der Waals surface area (Å²) in [5.41, 5.74) is 3.53. The molecule has 4 aliphatic rings. The molecule has 0 bridgehead atoms. The van der Waals surface area contributed by atoms with E-state index in [1.165, 1.54) is 0 Å². The minimum atomic E-state index is -2.99. The van der Waals surface area contributed by atoms with E-state index < -0.39 is 31.5 Å². The highest BCUT2D eigenvalue weighted by molar-refractivity contribution is 9.10. The number of amides is 3. The zero-order chi connectivity index (χ0) is 33.2. The molecule has 246 valence electrons. The van der Waals surface area contributed by atoms with E-state index in [0.717, 1.165) is 38.1 Å². The van der Waals surface area contributed by atoms with E-state index in [2.05, 4.69) is 15.9 Å². The molecule has 3 aromatic carbocycles. The van der Waals surface area contributed by atoms with E-state index in [1.807, 2.05) is 86.7 Å². The summed E-state index contributed by atoms with van der Waals surface area (Å²) in [6, 6.07) is 21.1. The number of fused-ring (bicyclic) bond motifs is 3. The molecule has 47 heavy (non-hydrogen) atoms. The second-order valence-corrected chi connectivity index (χ2v) is 18.8. The number of aliphatic hydroxyl groups is 1. The van der Waals surface area contributed by atoms with Gasteiger partial charge >= 0.3 is 0 Å². The predicted molar refractivity (Wildman–Crippen MR) is 184 cm³/mol. The standard InChI is InChI=1S/C36H40BrN3O6Si/c1-22-34(47(2,3)45)31(18-33(43)39-20-25-9-5-4-8-24(25)16-28(39)21-41)46-36(22)29-17-26(37)11-12-30(29)40(35(36)44)19-23-7-6-10-27(15-23)38-14-13-32(38)42/h4-12,15,17,22,28,31,34,41,45H,13-14,16,18-21H2,1-3H3/t22-,28+,31+,34-,36+/m1/s1. The van der Waals surface area contributed by atoms with Crippen LogP contribution < -0.4 is 9.80 Å². The maximum absolute atomic E-state index is 14.8. The molecule has 0 radical (unpaired) electrons. The van der Waals surface area contributed by atoms with E-state index in [0.29, 0.717) is 25.9 Å². The molecule has 2 N–H and O–H groups in total. The van der Waals surface area contributed by atoms with Crippen LogP contribution in [0.4, 0.5) is 11.4 Å². The Labute approximate surface area is 284 Å². The van der Waals surface area contributed by atoms with Crippen molar-refractivity contribution in [3.63, 3.8) is 0 Å². The first-order chi connectivity index (χ1) is 22.4. The fourth-order valence-corrected chi connectivity index (χ4v) is 11.2. The Balaban J connectivity index is 1.22. The van der Waals surface area contributed by atoms with Crippen molar-refractivity contribution in [1.82, 2.24) is 4.90 Å². The van der Waals surface area contributed by atoms with Gasteiger partial charge in [-0.15, -0.1) is 0 Å². The van der Waals surface area contributed by atoms with Crippen molar-refractivity contribution in [2.45, 2.75) is 75.7 Å². The van der Waals surface area contributed by atoms with Crippen molar-refractivity contribution < 1.29 is 29.0 Å². The minimum absolute atomic E-state index is 0.00502. The van der Waals surface area contributed by atoms with Gasteiger partial charge in [0, 0.05) is 46.7 Å². The number of anilines is 2. The van der Waals surface area contributed by atoms with Gasteiger partial charge in [0.25, 0.3) is 5.91 Å². The van der Waals surface area contributed by atoms with Crippen LogP contribution in [0.3, 0.4) is 0 Å². The number of benzene rings is 3. The van der Waals surface area contributed by atoms with Crippen LogP contribution in [0.5, 0.6) is 0 Å². The topological polar surface area (TPSA) is 111 Å². The Morgan fingerprint density at radius 1 is 1.06 bits per heavy atom. The van der Waals surface area contributed by atoms with Gasteiger partial charge < -0.3 is 29.3 Å². The molecule has 2 fully saturated rings. The van der Waals surface area contributed by atoms with Crippen LogP contribution in [0.25, 0.3) is 0 Å². The molecular weight excluding hydrogens is 678 g/mol. The van der Waals surface area contributed by atoms with Gasteiger partial charge in [-0.2, -0.15) is 0 Å². The second-order valence-electron chi connectivity index (χ2n) is 13.9. The maximum atomic E-state index is 14.8. The van der Waals surface area contributed by atoms with Crippen molar-refractivity contribution >= 4 is 53.3 Å². The molecule has 3 amide bonds. The molecule has 3 aromatic rings. The molecule has 0 aromatic heterocycles. The number of nitrogens with zero attached hydrogens (tertiary/aromatic N) is 3. The summed E-state index contributed by atoms with van der Waals surface area (Å²) in [7, 11) is -2.99. The SMILES string of the molecule is C[C@@H]1[C@@H]([Si](C)(C)O)[C@H](CC(=O)N2Cc3ccccc3C[C@H]2CO)O[C@@]12C(=O)N(Cc1cccc(N3CCC3=O)c1)c1ccc(Br)cc12. The molecule has 2 saturated heterocycles. The van der Waals surface area contributed by atoms with Gasteiger partial charge in [-0.25, -0.2) is 0 Å². The number of halogens is 1. The maximum Gasteiger partial charge on any atom is 0.264 e. The van der Waals surface area contributed by atoms with Gasteiger partial charge in [0.2, 0.25) is 11.8 Å². The highest BCUT2D eigenvalue weighted by Gasteiger charge is 2.66. The smallest absolute Gasteiger partial charge is 0.264 e. The molecule has 7 rings (SSSR count). The van der Waals surface area contributed by atoms with E-state index in [4.69, 9.17) is 4.74 Å².